The molecule has 0 bridgehead atoms. The third-order valence-electron chi connectivity index (χ3n) is 6.19. The van der Waals surface area contributed by atoms with Gasteiger partial charge in [0.05, 0.1) is 5.92 Å². The first-order valence-corrected chi connectivity index (χ1v) is 10.5. The molecule has 0 aliphatic heterocycles. The lowest BCUT2D eigenvalue weighted by Crippen LogP contribution is -2.31. The second-order valence-corrected chi connectivity index (χ2v) is 8.08. The Bertz CT molecular complexity index is 745. The van der Waals surface area contributed by atoms with E-state index in [1.54, 1.807) is 13.0 Å². The molecular formula is C23H28F2O4. The molecule has 0 spiro atoms. The molecule has 0 unspecified atom stereocenters. The zero-order valence-corrected chi connectivity index (χ0v) is 16.7. The molecule has 2 aliphatic rings. The summed E-state index contributed by atoms with van der Waals surface area (Å²) in [7, 11) is 0. The average Bonchev–Trinajstić information content (AvgIpc) is 2.71. The standard InChI is InChI=1S/C23H28F2O4/c1-2-3-22(26)28-18-10-8-16(9-11-18)15-4-6-17(7-5-15)23(27)29-19-12-13-20(24)21(25)14-19/h2-3,12-18H,4-11H2,1H3/t15-,16-,17-,18-. The van der Waals surface area contributed by atoms with Crippen molar-refractivity contribution in [3.63, 3.8) is 0 Å². The predicted octanol–water partition coefficient (Wildman–Crippen LogP) is 5.35. The van der Waals surface area contributed by atoms with Crippen LogP contribution in [0.3, 0.4) is 0 Å². The molecule has 0 heterocycles. The number of carbonyl (C=O) groups excluding carboxylic acids is 2. The topological polar surface area (TPSA) is 52.6 Å². The van der Waals surface area contributed by atoms with Crippen LogP contribution in [0.1, 0.15) is 58.3 Å². The fourth-order valence-corrected chi connectivity index (χ4v) is 4.58. The number of esters is 2. The van der Waals surface area contributed by atoms with Gasteiger partial charge in [0.15, 0.2) is 11.6 Å². The van der Waals surface area contributed by atoms with Crippen LogP contribution in [0.5, 0.6) is 5.75 Å². The lowest BCUT2D eigenvalue weighted by molar-refractivity contribution is -0.145. The summed E-state index contributed by atoms with van der Waals surface area (Å²) in [6, 6.07) is 3.13. The van der Waals surface area contributed by atoms with Gasteiger partial charge in [0.2, 0.25) is 0 Å². The van der Waals surface area contributed by atoms with E-state index in [1.165, 1.54) is 12.1 Å². The molecule has 29 heavy (non-hydrogen) atoms. The van der Waals surface area contributed by atoms with Crippen molar-refractivity contribution in [2.45, 2.75) is 64.4 Å². The summed E-state index contributed by atoms with van der Waals surface area (Å²) in [4.78, 5) is 23.9. The maximum absolute atomic E-state index is 13.3. The van der Waals surface area contributed by atoms with Gasteiger partial charge in [-0.2, -0.15) is 0 Å². The van der Waals surface area contributed by atoms with Gasteiger partial charge < -0.3 is 9.47 Å². The van der Waals surface area contributed by atoms with Crippen LogP contribution in [0.4, 0.5) is 8.78 Å². The quantitative estimate of drug-likeness (QED) is 0.376. The van der Waals surface area contributed by atoms with Gasteiger partial charge in [-0.25, -0.2) is 13.6 Å². The molecule has 0 radical (unpaired) electrons. The van der Waals surface area contributed by atoms with Crippen LogP contribution in [0.25, 0.3) is 0 Å². The minimum atomic E-state index is -1.02. The summed E-state index contributed by atoms with van der Waals surface area (Å²) in [5, 5.41) is 0. The van der Waals surface area contributed by atoms with Crippen molar-refractivity contribution >= 4 is 11.9 Å². The van der Waals surface area contributed by atoms with Crippen LogP contribution < -0.4 is 4.74 Å². The zero-order chi connectivity index (χ0) is 20.8. The van der Waals surface area contributed by atoms with E-state index in [0.717, 1.165) is 63.5 Å². The number of rotatable bonds is 5. The molecule has 0 atom stereocenters. The summed E-state index contributed by atoms with van der Waals surface area (Å²) >= 11 is 0. The Hall–Kier alpha value is -2.24. The maximum Gasteiger partial charge on any atom is 0.330 e. The molecule has 158 valence electrons. The van der Waals surface area contributed by atoms with E-state index >= 15 is 0 Å². The Balaban J connectivity index is 1.42. The van der Waals surface area contributed by atoms with E-state index in [0.29, 0.717) is 11.8 Å². The van der Waals surface area contributed by atoms with Crippen molar-refractivity contribution in [3.05, 3.63) is 42.0 Å². The molecule has 2 aliphatic carbocycles. The van der Waals surface area contributed by atoms with E-state index in [4.69, 9.17) is 9.47 Å². The largest absolute Gasteiger partial charge is 0.459 e. The van der Waals surface area contributed by atoms with E-state index in [2.05, 4.69) is 0 Å². The fourth-order valence-electron chi connectivity index (χ4n) is 4.58. The molecule has 0 N–H and O–H groups in total. The Labute approximate surface area is 170 Å². The molecule has 4 nitrogen and oxygen atoms in total. The highest BCUT2D eigenvalue weighted by atomic mass is 19.2. The van der Waals surface area contributed by atoms with Gasteiger partial charge in [-0.3, -0.25) is 4.79 Å². The third-order valence-corrected chi connectivity index (χ3v) is 6.19. The van der Waals surface area contributed by atoms with Gasteiger partial charge >= 0.3 is 11.9 Å². The van der Waals surface area contributed by atoms with E-state index in [9.17, 15) is 18.4 Å². The summed E-state index contributed by atoms with van der Waals surface area (Å²) in [6.45, 7) is 1.79. The van der Waals surface area contributed by atoms with Crippen LogP contribution >= 0.6 is 0 Å². The first kappa shape index (κ1) is 21.5. The highest BCUT2D eigenvalue weighted by Crippen LogP contribution is 2.41. The molecule has 0 saturated heterocycles. The molecule has 3 rings (SSSR count). The average molecular weight is 406 g/mol. The van der Waals surface area contributed by atoms with E-state index in [-0.39, 0.29) is 29.7 Å². The number of allylic oxidation sites excluding steroid dienone is 1. The SMILES string of the molecule is CC=CC(=O)O[C@H]1CC[C@H]([C@H]2CC[C@H](C(=O)Oc3ccc(F)c(F)c3)CC2)CC1. The number of ether oxygens (including phenoxy) is 2. The highest BCUT2D eigenvalue weighted by Gasteiger charge is 2.34. The van der Waals surface area contributed by atoms with Crippen LogP contribution in [-0.2, 0) is 14.3 Å². The van der Waals surface area contributed by atoms with Gasteiger partial charge in [-0.05, 0) is 82.3 Å². The Morgan fingerprint density at radius 3 is 2.14 bits per heavy atom. The molecule has 2 saturated carbocycles. The Kier molecular flexibility index (Phi) is 7.40. The number of carbonyl (C=O) groups is 2. The van der Waals surface area contributed by atoms with E-state index < -0.39 is 11.6 Å². The smallest absolute Gasteiger partial charge is 0.330 e. The van der Waals surface area contributed by atoms with Crippen molar-refractivity contribution in [2.75, 3.05) is 0 Å². The summed E-state index contributed by atoms with van der Waals surface area (Å²) in [5.41, 5.74) is 0. The molecule has 0 aromatic heterocycles. The first-order valence-electron chi connectivity index (χ1n) is 10.5. The van der Waals surface area contributed by atoms with Gasteiger partial charge in [0.25, 0.3) is 0 Å². The van der Waals surface area contributed by atoms with Gasteiger partial charge in [0, 0.05) is 12.1 Å². The predicted molar refractivity (Wildman–Crippen MR) is 104 cm³/mol. The number of benzene rings is 1. The lowest BCUT2D eigenvalue weighted by Gasteiger charge is -2.37. The molecule has 1 aromatic carbocycles. The molecule has 0 amide bonds. The molecule has 6 heteroatoms. The minimum absolute atomic E-state index is 0.0115. The van der Waals surface area contributed by atoms with Gasteiger partial charge in [-0.1, -0.05) is 6.08 Å². The maximum atomic E-state index is 13.3. The number of halogens is 2. The summed E-state index contributed by atoms with van der Waals surface area (Å²) < 4.78 is 36.9. The monoisotopic (exact) mass is 406 g/mol. The number of hydrogen-bond donors (Lipinski definition) is 0. The first-order chi connectivity index (χ1) is 14.0. The fraction of sp³-hybridized carbons (Fsp3) is 0.565. The lowest BCUT2D eigenvalue weighted by atomic mass is 9.70. The van der Waals surface area contributed by atoms with Crippen LogP contribution in [0, 0.1) is 29.4 Å². The van der Waals surface area contributed by atoms with Gasteiger partial charge in [-0.15, -0.1) is 0 Å². The van der Waals surface area contributed by atoms with Crippen LogP contribution in [0.15, 0.2) is 30.4 Å². The second kappa shape index (κ2) is 9.99. The third kappa shape index (κ3) is 5.87. The molecular weight excluding hydrogens is 378 g/mol. The molecule has 1 aromatic rings. The van der Waals surface area contributed by atoms with Crippen LogP contribution in [0.2, 0.25) is 0 Å². The normalized spacial score (nSPS) is 27.6. The Morgan fingerprint density at radius 2 is 1.55 bits per heavy atom. The van der Waals surface area contributed by atoms with Crippen LogP contribution in [-0.4, -0.2) is 18.0 Å². The van der Waals surface area contributed by atoms with Crippen molar-refractivity contribution in [2.24, 2.45) is 17.8 Å². The highest BCUT2D eigenvalue weighted by molar-refractivity contribution is 5.81. The van der Waals surface area contributed by atoms with E-state index in [1.807, 2.05) is 0 Å². The zero-order valence-electron chi connectivity index (χ0n) is 16.7. The van der Waals surface area contributed by atoms with Crippen molar-refractivity contribution < 1.29 is 27.8 Å². The molecule has 2 fully saturated rings. The minimum Gasteiger partial charge on any atom is -0.459 e. The second-order valence-electron chi connectivity index (χ2n) is 8.08. The summed E-state index contributed by atoms with van der Waals surface area (Å²) in [6.07, 6.45) is 10.5. The van der Waals surface area contributed by atoms with Crippen molar-refractivity contribution in [1.82, 2.24) is 0 Å². The van der Waals surface area contributed by atoms with Gasteiger partial charge in [0.1, 0.15) is 11.9 Å². The number of hydrogen-bond acceptors (Lipinski definition) is 4. The summed E-state index contributed by atoms with van der Waals surface area (Å²) in [5.74, 6) is -1.59. The van der Waals surface area contributed by atoms with Crippen molar-refractivity contribution in [3.8, 4) is 5.75 Å². The Morgan fingerprint density at radius 1 is 0.931 bits per heavy atom. The van der Waals surface area contributed by atoms with Crippen molar-refractivity contribution in [1.29, 1.82) is 0 Å².